The highest BCUT2D eigenvalue weighted by Gasteiger charge is 2.14. The molecule has 19 heavy (non-hydrogen) atoms. The van der Waals surface area contributed by atoms with Crippen LogP contribution in [0.4, 0.5) is 0 Å². The number of benzene rings is 1. The zero-order valence-corrected chi connectivity index (χ0v) is 10.7. The quantitative estimate of drug-likeness (QED) is 0.696. The maximum absolute atomic E-state index is 9.05. The van der Waals surface area contributed by atoms with Crippen molar-refractivity contribution in [3.8, 4) is 17.3 Å². The molecule has 3 rings (SSSR count). The molecule has 0 radical (unpaired) electrons. The minimum absolute atomic E-state index is 0.356. The van der Waals surface area contributed by atoms with Gasteiger partial charge >= 0.3 is 0 Å². The van der Waals surface area contributed by atoms with Gasteiger partial charge in [-0.1, -0.05) is 36.4 Å². The van der Waals surface area contributed by atoms with Crippen molar-refractivity contribution in [3.63, 3.8) is 0 Å². The van der Waals surface area contributed by atoms with Gasteiger partial charge in [0.1, 0.15) is 5.65 Å². The van der Waals surface area contributed by atoms with Crippen LogP contribution in [-0.4, -0.2) is 9.38 Å². The molecule has 0 spiro atoms. The highest BCUT2D eigenvalue weighted by Crippen LogP contribution is 2.25. The second-order valence-corrected chi connectivity index (χ2v) is 4.49. The van der Waals surface area contributed by atoms with Crippen LogP contribution >= 0.6 is 0 Å². The summed E-state index contributed by atoms with van der Waals surface area (Å²) in [4.78, 5) is 4.71. The molecule has 0 aliphatic heterocycles. The van der Waals surface area contributed by atoms with Crippen molar-refractivity contribution in [2.75, 3.05) is 0 Å². The maximum atomic E-state index is 9.05. The third-order valence-electron chi connectivity index (χ3n) is 3.24. The predicted molar refractivity (Wildman–Crippen MR) is 74.7 cm³/mol. The van der Waals surface area contributed by atoms with Crippen LogP contribution in [0.15, 0.2) is 48.7 Å². The lowest BCUT2D eigenvalue weighted by Crippen LogP contribution is -1.93. The SMILES string of the molecule is Cc1cccn2c(CC#N)c(-c3ccccc3)nc12. The molecule has 3 heteroatoms. The molecule has 0 fully saturated rings. The van der Waals surface area contributed by atoms with Crippen LogP contribution in [-0.2, 0) is 6.42 Å². The topological polar surface area (TPSA) is 41.1 Å². The number of pyridine rings is 1. The highest BCUT2D eigenvalue weighted by molar-refractivity contribution is 5.68. The second kappa shape index (κ2) is 4.58. The number of hydrogen-bond acceptors (Lipinski definition) is 2. The Balaban J connectivity index is 2.33. The average molecular weight is 247 g/mol. The van der Waals surface area contributed by atoms with Gasteiger partial charge in [-0.2, -0.15) is 5.26 Å². The summed E-state index contributed by atoms with van der Waals surface area (Å²) in [5, 5.41) is 9.05. The van der Waals surface area contributed by atoms with Gasteiger partial charge < -0.3 is 4.40 Å². The molecule has 92 valence electrons. The van der Waals surface area contributed by atoms with E-state index in [4.69, 9.17) is 10.2 Å². The Morgan fingerprint density at radius 1 is 1.16 bits per heavy atom. The largest absolute Gasteiger partial charge is 0.302 e. The van der Waals surface area contributed by atoms with Crippen molar-refractivity contribution in [3.05, 3.63) is 59.9 Å². The molecule has 0 aliphatic carbocycles. The number of nitrogens with zero attached hydrogens (tertiary/aromatic N) is 3. The molecule has 0 bridgehead atoms. The van der Waals surface area contributed by atoms with Crippen molar-refractivity contribution < 1.29 is 0 Å². The number of nitriles is 1. The monoisotopic (exact) mass is 247 g/mol. The third kappa shape index (κ3) is 1.88. The number of rotatable bonds is 2. The molecular weight excluding hydrogens is 234 g/mol. The van der Waals surface area contributed by atoms with Crippen LogP contribution in [0.2, 0.25) is 0 Å². The highest BCUT2D eigenvalue weighted by atomic mass is 15.0. The molecule has 3 nitrogen and oxygen atoms in total. The second-order valence-electron chi connectivity index (χ2n) is 4.49. The normalized spacial score (nSPS) is 10.5. The number of imidazole rings is 1. The van der Waals surface area contributed by atoms with E-state index in [1.54, 1.807) is 0 Å². The average Bonchev–Trinajstić information content (AvgIpc) is 2.81. The fourth-order valence-corrected chi connectivity index (χ4v) is 2.32. The Kier molecular flexibility index (Phi) is 2.77. The van der Waals surface area contributed by atoms with Gasteiger partial charge in [0.05, 0.1) is 23.9 Å². The molecule has 0 aliphatic rings. The Morgan fingerprint density at radius 3 is 2.68 bits per heavy atom. The van der Waals surface area contributed by atoms with Gasteiger partial charge in [0.25, 0.3) is 0 Å². The Bertz CT molecular complexity index is 764. The number of aryl methyl sites for hydroxylation is 1. The van der Waals surface area contributed by atoms with E-state index in [9.17, 15) is 0 Å². The number of fused-ring (bicyclic) bond motifs is 1. The molecule has 2 heterocycles. The molecule has 0 unspecified atom stereocenters. The Hall–Kier alpha value is -2.60. The van der Waals surface area contributed by atoms with Gasteiger partial charge in [0.15, 0.2) is 0 Å². The Labute approximate surface area is 111 Å². The van der Waals surface area contributed by atoms with Crippen molar-refractivity contribution in [2.24, 2.45) is 0 Å². The van der Waals surface area contributed by atoms with Crippen molar-refractivity contribution >= 4 is 5.65 Å². The van der Waals surface area contributed by atoms with E-state index in [1.165, 1.54) is 0 Å². The first-order chi connectivity index (χ1) is 9.31. The van der Waals surface area contributed by atoms with Crippen molar-refractivity contribution in [1.29, 1.82) is 5.26 Å². The number of hydrogen-bond donors (Lipinski definition) is 0. The molecule has 3 aromatic rings. The van der Waals surface area contributed by atoms with E-state index < -0.39 is 0 Å². The lowest BCUT2D eigenvalue weighted by molar-refractivity contribution is 1.05. The fourth-order valence-electron chi connectivity index (χ4n) is 2.32. The van der Waals surface area contributed by atoms with E-state index >= 15 is 0 Å². The van der Waals surface area contributed by atoms with Crippen LogP contribution in [0.25, 0.3) is 16.9 Å². The van der Waals surface area contributed by atoms with Gasteiger partial charge in [-0.25, -0.2) is 4.98 Å². The van der Waals surface area contributed by atoms with Crippen LogP contribution in [0.1, 0.15) is 11.3 Å². The van der Waals surface area contributed by atoms with E-state index in [0.29, 0.717) is 6.42 Å². The first-order valence-corrected chi connectivity index (χ1v) is 6.20. The molecule has 0 atom stereocenters. The van der Waals surface area contributed by atoms with E-state index in [2.05, 4.69) is 6.07 Å². The van der Waals surface area contributed by atoms with Crippen LogP contribution < -0.4 is 0 Å². The van der Waals surface area contributed by atoms with Gasteiger partial charge in [0.2, 0.25) is 0 Å². The minimum Gasteiger partial charge on any atom is -0.302 e. The lowest BCUT2D eigenvalue weighted by atomic mass is 10.1. The summed E-state index contributed by atoms with van der Waals surface area (Å²) in [5.74, 6) is 0. The van der Waals surface area contributed by atoms with Gasteiger partial charge in [-0.15, -0.1) is 0 Å². The molecule has 0 saturated carbocycles. The summed E-state index contributed by atoms with van der Waals surface area (Å²) in [7, 11) is 0. The van der Waals surface area contributed by atoms with Crippen molar-refractivity contribution in [2.45, 2.75) is 13.3 Å². The van der Waals surface area contributed by atoms with Gasteiger partial charge in [0, 0.05) is 11.8 Å². The smallest absolute Gasteiger partial charge is 0.140 e. The predicted octanol–water partition coefficient (Wildman–Crippen LogP) is 3.38. The molecule has 0 amide bonds. The summed E-state index contributed by atoms with van der Waals surface area (Å²) in [6, 6.07) is 16.3. The zero-order chi connectivity index (χ0) is 13.2. The minimum atomic E-state index is 0.356. The number of aromatic nitrogens is 2. The summed E-state index contributed by atoms with van der Waals surface area (Å²) in [6.07, 6.45) is 2.32. The standard InChI is InChI=1S/C16H13N3/c1-12-6-5-11-19-14(9-10-17)15(18-16(12)19)13-7-3-2-4-8-13/h2-8,11H,9H2,1H3. The van der Waals surface area contributed by atoms with E-state index in [-0.39, 0.29) is 0 Å². The van der Waals surface area contributed by atoms with Crippen LogP contribution in [0, 0.1) is 18.3 Å². The van der Waals surface area contributed by atoms with E-state index in [1.807, 2.05) is 60.0 Å². The lowest BCUT2D eigenvalue weighted by Gasteiger charge is -2.01. The summed E-state index contributed by atoms with van der Waals surface area (Å²) < 4.78 is 2.01. The first kappa shape index (κ1) is 11.5. The first-order valence-electron chi connectivity index (χ1n) is 6.20. The molecule has 0 saturated heterocycles. The van der Waals surface area contributed by atoms with Crippen LogP contribution in [0.3, 0.4) is 0 Å². The molecule has 2 aromatic heterocycles. The van der Waals surface area contributed by atoms with E-state index in [0.717, 1.165) is 28.2 Å². The van der Waals surface area contributed by atoms with Gasteiger partial charge in [-0.05, 0) is 18.6 Å². The molecular formula is C16H13N3. The summed E-state index contributed by atoms with van der Waals surface area (Å²) in [5.41, 5.74) is 4.94. The van der Waals surface area contributed by atoms with Crippen molar-refractivity contribution in [1.82, 2.24) is 9.38 Å². The Morgan fingerprint density at radius 2 is 1.95 bits per heavy atom. The van der Waals surface area contributed by atoms with Gasteiger partial charge in [-0.3, -0.25) is 0 Å². The third-order valence-corrected chi connectivity index (χ3v) is 3.24. The maximum Gasteiger partial charge on any atom is 0.140 e. The zero-order valence-electron chi connectivity index (χ0n) is 10.7. The fraction of sp³-hybridized carbons (Fsp3) is 0.125. The molecule has 1 aromatic carbocycles. The molecule has 0 N–H and O–H groups in total. The summed E-state index contributed by atoms with van der Waals surface area (Å²) >= 11 is 0. The summed E-state index contributed by atoms with van der Waals surface area (Å²) in [6.45, 7) is 2.03. The van der Waals surface area contributed by atoms with Crippen LogP contribution in [0.5, 0.6) is 0 Å².